The first-order chi connectivity index (χ1) is 16.7. The van der Waals surface area contributed by atoms with E-state index >= 15 is 0 Å². The number of aromatic nitrogens is 2. The quantitative estimate of drug-likeness (QED) is 0.192. The smallest absolute Gasteiger partial charge is 0.0738 e. The third kappa shape index (κ3) is 5.54. The number of pyridine rings is 2. The van der Waals surface area contributed by atoms with Crippen LogP contribution in [-0.2, 0) is 20.1 Å². The molecule has 6 rings (SSSR count). The van der Waals surface area contributed by atoms with E-state index in [0.29, 0.717) is 0 Å². The average Bonchev–Trinajstić information content (AvgIpc) is 2.89. The predicted octanol–water partition coefficient (Wildman–Crippen LogP) is 8.42. The maximum absolute atomic E-state index is 4.74. The third-order valence-electron chi connectivity index (χ3n) is 5.92. The molecule has 0 amide bonds. The van der Waals surface area contributed by atoms with Gasteiger partial charge in [0.25, 0.3) is 0 Å². The molecule has 35 heavy (non-hydrogen) atoms. The van der Waals surface area contributed by atoms with Crippen LogP contribution in [0.3, 0.4) is 0 Å². The van der Waals surface area contributed by atoms with Crippen LogP contribution in [0, 0.1) is 13.8 Å². The van der Waals surface area contributed by atoms with Crippen molar-refractivity contribution in [1.29, 1.82) is 0 Å². The molecule has 0 saturated carbocycles. The summed E-state index contributed by atoms with van der Waals surface area (Å²) in [6, 6.07) is 41.5. The van der Waals surface area contributed by atoms with E-state index in [1.807, 2.05) is 60.7 Å². The van der Waals surface area contributed by atoms with Crippen molar-refractivity contribution in [3.8, 4) is 22.5 Å². The van der Waals surface area contributed by atoms with Gasteiger partial charge in [0.15, 0.2) is 0 Å². The molecule has 0 N–H and O–H groups in total. The maximum Gasteiger partial charge on any atom is 0.0738 e. The molecule has 0 atom stereocenters. The number of hydrogen-bond donors (Lipinski definition) is 0. The number of aryl methyl sites for hydroxylation is 2. The summed E-state index contributed by atoms with van der Waals surface area (Å²) in [4.78, 5) is 9.49. The fourth-order valence-corrected chi connectivity index (χ4v) is 4.22. The van der Waals surface area contributed by atoms with Crippen molar-refractivity contribution >= 4 is 21.8 Å². The van der Waals surface area contributed by atoms with E-state index in [9.17, 15) is 0 Å². The summed E-state index contributed by atoms with van der Waals surface area (Å²) in [5.41, 5.74) is 9.04. The zero-order valence-electron chi connectivity index (χ0n) is 19.8. The molecule has 2 aromatic heterocycles. The van der Waals surface area contributed by atoms with Gasteiger partial charge < -0.3 is 0 Å². The second-order valence-corrected chi connectivity index (χ2v) is 8.43. The summed E-state index contributed by atoms with van der Waals surface area (Å²) in [5.74, 6) is 0. The van der Waals surface area contributed by atoms with E-state index in [1.54, 1.807) is 0 Å². The molecule has 0 aliphatic rings. The molecule has 0 unspecified atom stereocenters. The maximum atomic E-state index is 4.74. The van der Waals surface area contributed by atoms with Gasteiger partial charge in [0.1, 0.15) is 0 Å². The van der Waals surface area contributed by atoms with Crippen molar-refractivity contribution in [1.82, 2.24) is 9.97 Å². The summed E-state index contributed by atoms with van der Waals surface area (Å²) in [6.45, 7) is 4.23. The largest absolute Gasteiger partial charge is 0.248 e. The van der Waals surface area contributed by atoms with Crippen LogP contribution >= 0.6 is 0 Å². The fourth-order valence-electron chi connectivity index (χ4n) is 4.22. The molecule has 0 spiro atoms. The molecular formula is C32H26IrN2. The molecule has 0 bridgehead atoms. The SMILES string of the molecule is Cc1cc2ccccc2nc1-c1ccccc1.Cc1cc2ccccc2nc1-c1ccccc1.[Ir]. The third-order valence-corrected chi connectivity index (χ3v) is 5.92. The van der Waals surface area contributed by atoms with E-state index in [0.717, 1.165) is 22.4 Å². The minimum atomic E-state index is 0. The van der Waals surface area contributed by atoms with Crippen LogP contribution in [0.1, 0.15) is 11.1 Å². The van der Waals surface area contributed by atoms with E-state index in [-0.39, 0.29) is 20.1 Å². The van der Waals surface area contributed by atoms with Crippen LogP contribution in [0.15, 0.2) is 121 Å². The molecule has 3 heteroatoms. The normalized spacial score (nSPS) is 10.3. The van der Waals surface area contributed by atoms with E-state index < -0.39 is 0 Å². The van der Waals surface area contributed by atoms with Gasteiger partial charge in [0, 0.05) is 42.0 Å². The summed E-state index contributed by atoms with van der Waals surface area (Å²) in [6.07, 6.45) is 0. The molecule has 173 valence electrons. The molecule has 2 nitrogen and oxygen atoms in total. The Morgan fingerprint density at radius 3 is 1.17 bits per heavy atom. The van der Waals surface area contributed by atoms with Gasteiger partial charge in [0.2, 0.25) is 0 Å². The second kappa shape index (κ2) is 11.2. The molecule has 1 radical (unpaired) electrons. The van der Waals surface area contributed by atoms with Gasteiger partial charge in [-0.3, -0.25) is 0 Å². The monoisotopic (exact) mass is 631 g/mol. The van der Waals surface area contributed by atoms with Crippen LogP contribution in [0.5, 0.6) is 0 Å². The minimum absolute atomic E-state index is 0. The van der Waals surface area contributed by atoms with Crippen LogP contribution in [0.4, 0.5) is 0 Å². The van der Waals surface area contributed by atoms with E-state index in [2.05, 4.69) is 74.5 Å². The van der Waals surface area contributed by atoms with Crippen molar-refractivity contribution in [3.05, 3.63) is 132 Å². The number of nitrogens with zero attached hydrogens (tertiary/aromatic N) is 2. The Bertz CT molecular complexity index is 1440. The molecule has 0 saturated heterocycles. The number of hydrogen-bond acceptors (Lipinski definition) is 2. The topological polar surface area (TPSA) is 25.8 Å². The Balaban J connectivity index is 0.000000160. The first kappa shape index (κ1) is 24.5. The van der Waals surface area contributed by atoms with Gasteiger partial charge in [-0.05, 0) is 49.2 Å². The Kier molecular flexibility index (Phi) is 7.82. The Morgan fingerprint density at radius 2 is 0.771 bits per heavy atom. The van der Waals surface area contributed by atoms with Gasteiger partial charge in [-0.25, -0.2) is 9.97 Å². The number of para-hydroxylation sites is 2. The predicted molar refractivity (Wildman–Crippen MR) is 144 cm³/mol. The molecule has 0 aliphatic heterocycles. The zero-order valence-corrected chi connectivity index (χ0v) is 22.2. The van der Waals surface area contributed by atoms with Gasteiger partial charge in [-0.2, -0.15) is 0 Å². The van der Waals surface area contributed by atoms with Crippen LogP contribution < -0.4 is 0 Å². The van der Waals surface area contributed by atoms with Crippen molar-refractivity contribution in [3.63, 3.8) is 0 Å². The van der Waals surface area contributed by atoms with Gasteiger partial charge in [0.05, 0.1) is 22.4 Å². The summed E-state index contributed by atoms with van der Waals surface area (Å²) >= 11 is 0. The summed E-state index contributed by atoms with van der Waals surface area (Å²) in [7, 11) is 0. The Hall–Kier alpha value is -3.65. The fraction of sp³-hybridized carbons (Fsp3) is 0.0625. The first-order valence-corrected chi connectivity index (χ1v) is 11.5. The second-order valence-electron chi connectivity index (χ2n) is 8.43. The average molecular weight is 631 g/mol. The number of benzene rings is 4. The molecule has 0 fully saturated rings. The van der Waals surface area contributed by atoms with Gasteiger partial charge >= 0.3 is 0 Å². The van der Waals surface area contributed by atoms with Crippen molar-refractivity contribution in [2.45, 2.75) is 13.8 Å². The standard InChI is InChI=1S/2C16H13N.Ir/c2*1-12-11-14-9-5-6-10-15(14)17-16(12)13-7-3-2-4-8-13;/h2*2-11H,1H3;. The van der Waals surface area contributed by atoms with Crippen LogP contribution in [0.2, 0.25) is 0 Å². The number of fused-ring (bicyclic) bond motifs is 2. The summed E-state index contributed by atoms with van der Waals surface area (Å²) < 4.78 is 0. The van der Waals surface area contributed by atoms with Crippen molar-refractivity contribution < 1.29 is 20.1 Å². The van der Waals surface area contributed by atoms with Gasteiger partial charge in [-0.1, -0.05) is 97.1 Å². The molecule has 6 aromatic rings. The minimum Gasteiger partial charge on any atom is -0.248 e. The Labute approximate surface area is 220 Å². The van der Waals surface area contributed by atoms with Gasteiger partial charge in [-0.15, -0.1) is 0 Å². The van der Waals surface area contributed by atoms with Crippen LogP contribution in [0.25, 0.3) is 44.3 Å². The molecular weight excluding hydrogens is 605 g/mol. The van der Waals surface area contributed by atoms with Crippen molar-refractivity contribution in [2.24, 2.45) is 0 Å². The number of rotatable bonds is 2. The molecule has 4 aromatic carbocycles. The molecule has 2 heterocycles. The van der Waals surface area contributed by atoms with E-state index in [1.165, 1.54) is 33.0 Å². The zero-order chi connectivity index (χ0) is 23.3. The first-order valence-electron chi connectivity index (χ1n) is 11.5. The van der Waals surface area contributed by atoms with Crippen molar-refractivity contribution in [2.75, 3.05) is 0 Å². The van der Waals surface area contributed by atoms with Crippen LogP contribution in [-0.4, -0.2) is 9.97 Å². The Morgan fingerprint density at radius 1 is 0.429 bits per heavy atom. The molecule has 0 aliphatic carbocycles. The van der Waals surface area contributed by atoms with E-state index in [4.69, 9.17) is 9.97 Å². The summed E-state index contributed by atoms with van der Waals surface area (Å²) in [5, 5.41) is 2.40.